The number of allylic oxidation sites excluding steroid dienone is 1. The number of nitrogens with one attached hydrogen (secondary N) is 1. The van der Waals surface area contributed by atoms with Crippen molar-refractivity contribution in [2.24, 2.45) is 0 Å². The summed E-state index contributed by atoms with van der Waals surface area (Å²) in [7, 11) is -3.84. The van der Waals surface area contributed by atoms with E-state index in [4.69, 9.17) is 0 Å². The SMILES string of the molecule is C/C=C/c1cc2c(NC3CCC(O)CC3)c(Br)cnc2n1S(=O)(=O)c1ccc(C)cc1. The number of nitrogens with zero attached hydrogens (tertiary/aromatic N) is 2. The number of aliphatic hydroxyl groups is 1. The van der Waals surface area contributed by atoms with E-state index in [0.29, 0.717) is 11.3 Å². The zero-order valence-electron chi connectivity index (χ0n) is 17.5. The summed E-state index contributed by atoms with van der Waals surface area (Å²) in [5, 5.41) is 14.1. The van der Waals surface area contributed by atoms with Gasteiger partial charge < -0.3 is 10.4 Å². The van der Waals surface area contributed by atoms with Gasteiger partial charge in [0.2, 0.25) is 0 Å². The number of aromatic nitrogens is 2. The molecule has 2 aromatic heterocycles. The minimum Gasteiger partial charge on any atom is -0.393 e. The molecule has 0 unspecified atom stereocenters. The Morgan fingerprint density at radius 2 is 1.87 bits per heavy atom. The van der Waals surface area contributed by atoms with Crippen molar-refractivity contribution >= 4 is 48.8 Å². The number of hydrogen-bond acceptors (Lipinski definition) is 5. The van der Waals surface area contributed by atoms with Crippen LogP contribution in [0.3, 0.4) is 0 Å². The summed E-state index contributed by atoms with van der Waals surface area (Å²) in [6.45, 7) is 3.78. The molecule has 2 heterocycles. The van der Waals surface area contributed by atoms with Gasteiger partial charge in [-0.1, -0.05) is 23.8 Å². The summed E-state index contributed by atoms with van der Waals surface area (Å²) in [4.78, 5) is 4.71. The fraction of sp³-hybridized carbons (Fsp3) is 0.348. The highest BCUT2D eigenvalue weighted by atomic mass is 79.9. The summed E-state index contributed by atoms with van der Waals surface area (Å²) in [6, 6.07) is 8.92. The van der Waals surface area contributed by atoms with Crippen molar-refractivity contribution in [2.75, 3.05) is 5.32 Å². The normalized spacial score (nSPS) is 19.9. The molecule has 1 fully saturated rings. The van der Waals surface area contributed by atoms with E-state index in [1.54, 1.807) is 36.5 Å². The first-order chi connectivity index (χ1) is 14.8. The van der Waals surface area contributed by atoms with Crippen molar-refractivity contribution in [3.05, 3.63) is 58.3 Å². The number of fused-ring (bicyclic) bond motifs is 1. The van der Waals surface area contributed by atoms with Crippen LogP contribution in [0.15, 0.2) is 52.0 Å². The summed E-state index contributed by atoms with van der Waals surface area (Å²) in [6.07, 6.45) is 8.25. The quantitative estimate of drug-likeness (QED) is 0.506. The molecular weight excluding hydrogens is 478 g/mol. The van der Waals surface area contributed by atoms with Crippen LogP contribution in [0.1, 0.15) is 43.9 Å². The molecule has 0 amide bonds. The number of aliphatic hydroxyl groups excluding tert-OH is 1. The van der Waals surface area contributed by atoms with Gasteiger partial charge >= 0.3 is 0 Å². The lowest BCUT2D eigenvalue weighted by molar-refractivity contribution is 0.126. The molecule has 0 atom stereocenters. The first-order valence-corrected chi connectivity index (χ1v) is 12.6. The van der Waals surface area contributed by atoms with Crippen molar-refractivity contribution in [1.29, 1.82) is 0 Å². The predicted molar refractivity (Wildman–Crippen MR) is 128 cm³/mol. The van der Waals surface area contributed by atoms with Crippen LogP contribution in [0.2, 0.25) is 0 Å². The van der Waals surface area contributed by atoms with Crippen LogP contribution in [-0.2, 0) is 10.0 Å². The van der Waals surface area contributed by atoms with Crippen LogP contribution in [0.5, 0.6) is 0 Å². The maximum Gasteiger partial charge on any atom is 0.269 e. The van der Waals surface area contributed by atoms with Crippen LogP contribution < -0.4 is 5.32 Å². The van der Waals surface area contributed by atoms with Gasteiger partial charge in [0.15, 0.2) is 5.65 Å². The fourth-order valence-corrected chi connectivity index (χ4v) is 5.93. The Morgan fingerprint density at radius 3 is 2.52 bits per heavy atom. The van der Waals surface area contributed by atoms with Gasteiger partial charge in [0, 0.05) is 17.6 Å². The van der Waals surface area contributed by atoms with Gasteiger partial charge in [0.25, 0.3) is 10.0 Å². The summed E-state index contributed by atoms with van der Waals surface area (Å²) in [5.74, 6) is 0. The molecule has 8 heteroatoms. The standard InChI is InChI=1S/C23H26BrN3O3S/c1-3-4-17-13-20-22(26-16-7-9-18(28)10-8-16)21(24)14-25-23(20)27(17)31(29,30)19-11-5-15(2)6-12-19/h3-6,11-14,16,18,28H,7-10H2,1-2H3,(H,25,26)/b4-3+. The number of halogens is 1. The first-order valence-electron chi connectivity index (χ1n) is 10.4. The highest BCUT2D eigenvalue weighted by Gasteiger charge is 2.26. The minimum absolute atomic E-state index is 0.215. The molecule has 0 bridgehead atoms. The molecular formula is C23H26BrN3O3S. The van der Waals surface area contributed by atoms with Gasteiger partial charge in [0.05, 0.1) is 26.9 Å². The van der Waals surface area contributed by atoms with Gasteiger partial charge in [-0.3, -0.25) is 0 Å². The number of benzene rings is 1. The summed E-state index contributed by atoms with van der Waals surface area (Å²) >= 11 is 3.58. The lowest BCUT2D eigenvalue weighted by Gasteiger charge is -2.27. The third-order valence-corrected chi connectivity index (χ3v) is 8.04. The highest BCUT2D eigenvalue weighted by molar-refractivity contribution is 9.10. The Kier molecular flexibility index (Phi) is 6.23. The molecule has 0 radical (unpaired) electrons. The monoisotopic (exact) mass is 503 g/mol. The Labute approximate surface area is 191 Å². The second-order valence-corrected chi connectivity index (χ2v) is 10.7. The van der Waals surface area contributed by atoms with Crippen molar-refractivity contribution in [3.8, 4) is 0 Å². The molecule has 1 aliphatic carbocycles. The van der Waals surface area contributed by atoms with E-state index in [1.165, 1.54) is 3.97 Å². The lowest BCUT2D eigenvalue weighted by Crippen LogP contribution is -2.28. The Balaban J connectivity index is 1.86. The van der Waals surface area contributed by atoms with Crippen LogP contribution in [0.4, 0.5) is 5.69 Å². The van der Waals surface area contributed by atoms with Crippen LogP contribution in [0, 0.1) is 6.92 Å². The zero-order valence-corrected chi connectivity index (χ0v) is 19.9. The van der Waals surface area contributed by atoms with E-state index in [9.17, 15) is 13.5 Å². The minimum atomic E-state index is -3.84. The number of pyridine rings is 1. The predicted octanol–water partition coefficient (Wildman–Crippen LogP) is 5.09. The number of aryl methyl sites for hydroxylation is 1. The maximum atomic E-state index is 13.6. The van der Waals surface area contributed by atoms with Crippen LogP contribution >= 0.6 is 15.9 Å². The smallest absolute Gasteiger partial charge is 0.269 e. The molecule has 3 aromatic rings. The first kappa shape index (κ1) is 22.0. The molecule has 0 spiro atoms. The molecule has 0 saturated heterocycles. The van der Waals surface area contributed by atoms with E-state index in [1.807, 2.05) is 26.0 Å². The van der Waals surface area contributed by atoms with E-state index in [-0.39, 0.29) is 17.0 Å². The van der Waals surface area contributed by atoms with Gasteiger partial charge in [0.1, 0.15) is 0 Å². The van der Waals surface area contributed by atoms with E-state index < -0.39 is 10.0 Å². The number of hydrogen-bond donors (Lipinski definition) is 2. The van der Waals surface area contributed by atoms with E-state index in [2.05, 4.69) is 26.2 Å². The zero-order chi connectivity index (χ0) is 22.2. The molecule has 1 aromatic carbocycles. The van der Waals surface area contributed by atoms with Gasteiger partial charge in [-0.15, -0.1) is 0 Å². The maximum absolute atomic E-state index is 13.6. The molecule has 4 rings (SSSR count). The molecule has 1 aliphatic rings. The number of rotatable bonds is 5. The largest absolute Gasteiger partial charge is 0.393 e. The third-order valence-electron chi connectivity index (χ3n) is 5.71. The topological polar surface area (TPSA) is 84.2 Å². The van der Waals surface area contributed by atoms with Crippen molar-refractivity contribution < 1.29 is 13.5 Å². The molecule has 31 heavy (non-hydrogen) atoms. The fourth-order valence-electron chi connectivity index (χ4n) is 4.05. The van der Waals surface area contributed by atoms with Crippen LogP contribution in [-0.4, -0.2) is 34.6 Å². The third kappa shape index (κ3) is 4.29. The molecule has 164 valence electrons. The molecule has 0 aliphatic heterocycles. The van der Waals surface area contributed by atoms with Gasteiger partial charge in [-0.2, -0.15) is 0 Å². The summed E-state index contributed by atoms with van der Waals surface area (Å²) < 4.78 is 29.2. The molecule has 1 saturated carbocycles. The summed E-state index contributed by atoms with van der Waals surface area (Å²) in [5.41, 5.74) is 2.76. The average molecular weight is 504 g/mol. The van der Waals surface area contributed by atoms with E-state index >= 15 is 0 Å². The lowest BCUT2D eigenvalue weighted by atomic mass is 9.93. The average Bonchev–Trinajstić information content (AvgIpc) is 3.11. The Bertz CT molecular complexity index is 1230. The van der Waals surface area contributed by atoms with Gasteiger partial charge in [-0.05, 0) is 79.7 Å². The van der Waals surface area contributed by atoms with Crippen molar-refractivity contribution in [3.63, 3.8) is 0 Å². The van der Waals surface area contributed by atoms with Crippen molar-refractivity contribution in [1.82, 2.24) is 8.96 Å². The number of anilines is 1. The second-order valence-electron chi connectivity index (χ2n) is 8.02. The van der Waals surface area contributed by atoms with Crippen molar-refractivity contribution in [2.45, 2.75) is 56.6 Å². The Morgan fingerprint density at radius 1 is 1.19 bits per heavy atom. The van der Waals surface area contributed by atoms with Crippen LogP contribution in [0.25, 0.3) is 17.1 Å². The molecule has 6 nitrogen and oxygen atoms in total. The highest BCUT2D eigenvalue weighted by Crippen LogP contribution is 2.36. The van der Waals surface area contributed by atoms with Gasteiger partial charge in [-0.25, -0.2) is 17.4 Å². The second kappa shape index (κ2) is 8.76. The Hall–Kier alpha value is -2.16. The van der Waals surface area contributed by atoms with E-state index in [0.717, 1.165) is 46.8 Å². The molecule has 2 N–H and O–H groups in total.